The zero-order valence-corrected chi connectivity index (χ0v) is 11.5. The van der Waals surface area contributed by atoms with Crippen LogP contribution in [0.5, 0.6) is 0 Å². The first-order valence-corrected chi connectivity index (χ1v) is 6.47. The van der Waals surface area contributed by atoms with E-state index < -0.39 is 18.0 Å². The second-order valence-electron chi connectivity index (χ2n) is 4.43. The zero-order chi connectivity index (χ0) is 14.7. The molecule has 4 N–H and O–H groups in total. The Morgan fingerprint density at radius 3 is 2.47 bits per heavy atom. The quantitative estimate of drug-likeness (QED) is 0.430. The normalized spacial score (nSPS) is 12.2. The van der Waals surface area contributed by atoms with Crippen molar-refractivity contribution in [2.45, 2.75) is 45.3 Å². The van der Waals surface area contributed by atoms with Crippen LogP contribution in [0.25, 0.3) is 0 Å². The lowest BCUT2D eigenvalue weighted by Crippen LogP contribution is -2.46. The summed E-state index contributed by atoms with van der Waals surface area (Å²) in [4.78, 5) is 22.1. The van der Waals surface area contributed by atoms with E-state index in [1.807, 2.05) is 13.8 Å². The highest BCUT2D eigenvalue weighted by atomic mass is 16.5. The summed E-state index contributed by atoms with van der Waals surface area (Å²) in [7, 11) is 0. The maximum atomic E-state index is 11.4. The number of urea groups is 1. The third-order valence-corrected chi connectivity index (χ3v) is 2.33. The van der Waals surface area contributed by atoms with E-state index >= 15 is 0 Å². The molecule has 0 spiro atoms. The van der Waals surface area contributed by atoms with Crippen LogP contribution in [0.2, 0.25) is 0 Å². The molecule has 0 aliphatic carbocycles. The van der Waals surface area contributed by atoms with Crippen LogP contribution < -0.4 is 10.6 Å². The number of carbonyl (C=O) groups excluding carboxylic acids is 1. The Balaban J connectivity index is 3.65. The Bertz CT molecular complexity index is 271. The van der Waals surface area contributed by atoms with E-state index in [4.69, 9.17) is 14.9 Å². The molecule has 0 aromatic rings. The summed E-state index contributed by atoms with van der Waals surface area (Å²) < 4.78 is 5.34. The standard InChI is InChI=1S/C12H24N2O5/c1-9(2)19-8-4-3-6-13-12(18)14-10(5-7-15)11(16)17/h9-10,15H,3-8H2,1-2H3,(H,16,17)(H2,13,14,18)/t10-/m1/s1. The molecule has 0 aliphatic heterocycles. The molecule has 0 radical (unpaired) electrons. The molecule has 112 valence electrons. The number of aliphatic hydroxyl groups excluding tert-OH is 1. The van der Waals surface area contributed by atoms with Crippen molar-refractivity contribution in [1.29, 1.82) is 0 Å². The van der Waals surface area contributed by atoms with E-state index in [0.29, 0.717) is 13.2 Å². The van der Waals surface area contributed by atoms with Crippen molar-refractivity contribution in [3.63, 3.8) is 0 Å². The fourth-order valence-electron chi connectivity index (χ4n) is 1.34. The van der Waals surface area contributed by atoms with Gasteiger partial charge in [-0.3, -0.25) is 0 Å². The average Bonchev–Trinajstić information content (AvgIpc) is 2.32. The van der Waals surface area contributed by atoms with E-state index in [1.165, 1.54) is 0 Å². The summed E-state index contributed by atoms with van der Waals surface area (Å²) >= 11 is 0. The lowest BCUT2D eigenvalue weighted by atomic mass is 10.2. The summed E-state index contributed by atoms with van der Waals surface area (Å²) in [5.74, 6) is -1.16. The molecule has 7 nitrogen and oxygen atoms in total. The number of aliphatic hydroxyl groups is 1. The smallest absolute Gasteiger partial charge is 0.326 e. The van der Waals surface area contributed by atoms with E-state index in [9.17, 15) is 9.59 Å². The molecular formula is C12H24N2O5. The van der Waals surface area contributed by atoms with Gasteiger partial charge in [-0.25, -0.2) is 9.59 Å². The molecule has 0 heterocycles. The summed E-state index contributed by atoms with van der Waals surface area (Å²) in [6.45, 7) is 4.73. The number of ether oxygens (including phenoxy) is 1. The van der Waals surface area contributed by atoms with Gasteiger partial charge >= 0.3 is 12.0 Å². The Kier molecular flexibility index (Phi) is 9.82. The lowest BCUT2D eigenvalue weighted by molar-refractivity contribution is -0.139. The van der Waals surface area contributed by atoms with Gasteiger partial charge in [0.25, 0.3) is 0 Å². The number of carboxylic acids is 1. The fraction of sp³-hybridized carbons (Fsp3) is 0.833. The van der Waals surface area contributed by atoms with Gasteiger partial charge in [-0.1, -0.05) is 0 Å². The predicted molar refractivity (Wildman–Crippen MR) is 70.0 cm³/mol. The van der Waals surface area contributed by atoms with Gasteiger partial charge in [-0.05, 0) is 26.7 Å². The molecule has 0 aromatic heterocycles. The van der Waals surface area contributed by atoms with Gasteiger partial charge in [0.05, 0.1) is 6.10 Å². The molecule has 19 heavy (non-hydrogen) atoms. The monoisotopic (exact) mass is 276 g/mol. The Morgan fingerprint density at radius 2 is 1.95 bits per heavy atom. The molecule has 0 aromatic carbocycles. The maximum absolute atomic E-state index is 11.4. The third-order valence-electron chi connectivity index (χ3n) is 2.33. The highest BCUT2D eigenvalue weighted by molar-refractivity contribution is 5.82. The number of hydrogen-bond acceptors (Lipinski definition) is 4. The largest absolute Gasteiger partial charge is 0.480 e. The molecule has 0 bridgehead atoms. The molecule has 0 rings (SSSR count). The number of carbonyl (C=O) groups is 2. The number of carboxylic acid groups (broad SMARTS) is 1. The van der Waals surface area contributed by atoms with Gasteiger partial charge in [0, 0.05) is 26.2 Å². The van der Waals surface area contributed by atoms with Crippen molar-refractivity contribution in [2.75, 3.05) is 19.8 Å². The second kappa shape index (κ2) is 10.6. The predicted octanol–water partition coefficient (Wildman–Crippen LogP) is 0.326. The number of rotatable bonds is 10. The highest BCUT2D eigenvalue weighted by Gasteiger charge is 2.18. The van der Waals surface area contributed by atoms with Gasteiger partial charge in [0.2, 0.25) is 0 Å². The minimum absolute atomic E-state index is 0.00895. The van der Waals surface area contributed by atoms with Crippen molar-refractivity contribution in [3.05, 3.63) is 0 Å². The van der Waals surface area contributed by atoms with Gasteiger partial charge in [0.1, 0.15) is 6.04 Å². The van der Waals surface area contributed by atoms with E-state index in [1.54, 1.807) is 0 Å². The van der Waals surface area contributed by atoms with Gasteiger partial charge in [-0.15, -0.1) is 0 Å². The summed E-state index contributed by atoms with van der Waals surface area (Å²) in [6, 6.07) is -1.60. The van der Waals surface area contributed by atoms with Crippen molar-refractivity contribution in [1.82, 2.24) is 10.6 Å². The number of nitrogens with one attached hydrogen (secondary N) is 2. The second-order valence-corrected chi connectivity index (χ2v) is 4.43. The number of amides is 2. The van der Waals surface area contributed by atoms with Crippen molar-refractivity contribution >= 4 is 12.0 Å². The minimum Gasteiger partial charge on any atom is -0.480 e. The van der Waals surface area contributed by atoms with Gasteiger partial charge in [0.15, 0.2) is 0 Å². The molecule has 7 heteroatoms. The van der Waals surface area contributed by atoms with Crippen LogP contribution in [-0.2, 0) is 9.53 Å². The molecule has 0 fully saturated rings. The SMILES string of the molecule is CC(C)OCCCCNC(=O)N[C@H](CCO)C(=O)O. The Labute approximate surface area is 113 Å². The van der Waals surface area contributed by atoms with E-state index in [0.717, 1.165) is 12.8 Å². The summed E-state index contributed by atoms with van der Waals surface area (Å²) in [6.07, 6.45) is 1.78. The molecule has 2 amide bonds. The van der Waals surface area contributed by atoms with Crippen molar-refractivity contribution in [3.8, 4) is 0 Å². The molecule has 1 atom stereocenters. The topological polar surface area (TPSA) is 108 Å². The first-order chi connectivity index (χ1) is 8.97. The molecule has 0 saturated heterocycles. The summed E-state index contributed by atoms with van der Waals surface area (Å²) in [5, 5.41) is 22.3. The molecule has 0 saturated carbocycles. The van der Waals surface area contributed by atoms with Crippen LogP contribution in [0.3, 0.4) is 0 Å². The molecular weight excluding hydrogens is 252 g/mol. The summed E-state index contributed by atoms with van der Waals surface area (Å²) in [5.41, 5.74) is 0. The number of aliphatic carboxylic acids is 1. The molecule has 0 aliphatic rings. The lowest BCUT2D eigenvalue weighted by Gasteiger charge is -2.14. The first-order valence-electron chi connectivity index (χ1n) is 6.47. The molecule has 0 unspecified atom stereocenters. The zero-order valence-electron chi connectivity index (χ0n) is 11.5. The van der Waals surface area contributed by atoms with Crippen LogP contribution in [0.4, 0.5) is 4.79 Å². The van der Waals surface area contributed by atoms with E-state index in [-0.39, 0.29) is 19.1 Å². The van der Waals surface area contributed by atoms with Crippen molar-refractivity contribution in [2.24, 2.45) is 0 Å². The van der Waals surface area contributed by atoms with Crippen LogP contribution in [-0.4, -0.2) is 54.1 Å². The van der Waals surface area contributed by atoms with Crippen LogP contribution >= 0.6 is 0 Å². The van der Waals surface area contributed by atoms with Crippen LogP contribution in [0, 0.1) is 0 Å². The van der Waals surface area contributed by atoms with Crippen molar-refractivity contribution < 1.29 is 24.5 Å². The highest BCUT2D eigenvalue weighted by Crippen LogP contribution is 1.94. The van der Waals surface area contributed by atoms with Gasteiger partial charge < -0.3 is 25.6 Å². The van der Waals surface area contributed by atoms with Crippen LogP contribution in [0.1, 0.15) is 33.1 Å². The van der Waals surface area contributed by atoms with Gasteiger partial charge in [-0.2, -0.15) is 0 Å². The third kappa shape index (κ3) is 10.3. The Morgan fingerprint density at radius 1 is 1.26 bits per heavy atom. The Hall–Kier alpha value is -1.34. The first kappa shape index (κ1) is 17.7. The average molecular weight is 276 g/mol. The van der Waals surface area contributed by atoms with E-state index in [2.05, 4.69) is 10.6 Å². The fourth-order valence-corrected chi connectivity index (χ4v) is 1.34. The number of unbranched alkanes of at least 4 members (excludes halogenated alkanes) is 1. The maximum Gasteiger partial charge on any atom is 0.326 e. The van der Waals surface area contributed by atoms with Crippen LogP contribution in [0.15, 0.2) is 0 Å². The number of hydrogen-bond donors (Lipinski definition) is 4. The minimum atomic E-state index is -1.16.